The number of hydrogen-bond donors (Lipinski definition) is 2. The molecule has 0 spiro atoms. The average molecular weight is 439 g/mol. The zero-order chi connectivity index (χ0) is 23.2. The van der Waals surface area contributed by atoms with Crippen LogP contribution in [0.5, 0.6) is 11.5 Å². The Morgan fingerprint density at radius 2 is 1.79 bits per heavy atom. The topological polar surface area (TPSA) is 84.3 Å². The maximum Gasteiger partial charge on any atom is 0.255 e. The predicted octanol–water partition coefficient (Wildman–Crippen LogP) is 4.65. The van der Waals surface area contributed by atoms with Gasteiger partial charge >= 0.3 is 0 Å². The minimum absolute atomic E-state index is 0.00527. The molecule has 0 aliphatic heterocycles. The number of carbonyl (C=O) groups excluding carboxylic acids is 1. The Labute approximate surface area is 189 Å². The number of halogens is 1. The number of carbonyl (C=O) groups is 1. The molecule has 0 aliphatic rings. The van der Waals surface area contributed by atoms with E-state index in [1.807, 2.05) is 0 Å². The second kappa shape index (κ2) is 9.62. The molecule has 7 heteroatoms. The van der Waals surface area contributed by atoms with Crippen LogP contribution in [-0.2, 0) is 0 Å². The predicted molar refractivity (Wildman–Crippen MR) is 122 cm³/mol. The summed E-state index contributed by atoms with van der Waals surface area (Å²) in [6.07, 6.45) is 6.18. The molecule has 2 N–H and O–H groups in total. The van der Waals surface area contributed by atoms with Crippen molar-refractivity contribution in [1.29, 1.82) is 0 Å². The van der Waals surface area contributed by atoms with E-state index in [1.54, 1.807) is 48.8 Å². The Kier molecular flexibility index (Phi) is 6.28. The minimum Gasteiger partial charge on any atom is -0.503 e. The summed E-state index contributed by atoms with van der Waals surface area (Å²) in [5.41, 5.74) is 1.74. The Hall–Kier alpha value is -4.70. The van der Waals surface area contributed by atoms with E-state index in [-0.39, 0.29) is 28.3 Å². The summed E-state index contributed by atoms with van der Waals surface area (Å²) in [5, 5.41) is 13.7. The van der Waals surface area contributed by atoms with E-state index in [4.69, 9.17) is 4.74 Å². The van der Waals surface area contributed by atoms with Crippen molar-refractivity contribution in [2.75, 3.05) is 12.4 Å². The highest BCUT2D eigenvalue weighted by atomic mass is 19.1. The van der Waals surface area contributed by atoms with Gasteiger partial charge in [-0.2, -0.15) is 0 Å². The lowest BCUT2D eigenvalue weighted by atomic mass is 9.98. The van der Waals surface area contributed by atoms with E-state index in [1.165, 1.54) is 37.7 Å². The van der Waals surface area contributed by atoms with Gasteiger partial charge in [0.2, 0.25) is 0 Å². The molecule has 1 amide bonds. The zero-order valence-electron chi connectivity index (χ0n) is 17.5. The van der Waals surface area contributed by atoms with Crippen LogP contribution in [0.1, 0.15) is 21.5 Å². The number of aromatic nitrogens is 2. The number of methoxy groups -OCH3 is 1. The smallest absolute Gasteiger partial charge is 0.255 e. The number of ether oxygens (including phenoxy) is 1. The summed E-state index contributed by atoms with van der Waals surface area (Å²) in [6, 6.07) is 14.2. The standard InChI is InChI=1S/C26H18FN3O3/c1-33-25-19(9-8-17-5-4-12-29-16-17)15-21(20-6-2-3-7-22(20)27)23(24(25)31)30-26(32)18-10-13-28-14-11-18/h2-7,10-16,31H,1H3,(H,30,32). The van der Waals surface area contributed by atoms with E-state index in [0.717, 1.165) is 0 Å². The molecule has 0 bridgehead atoms. The van der Waals surface area contributed by atoms with E-state index < -0.39 is 11.7 Å². The van der Waals surface area contributed by atoms with Crippen LogP contribution >= 0.6 is 0 Å². The lowest BCUT2D eigenvalue weighted by molar-refractivity contribution is 0.102. The number of phenolic OH excluding ortho intramolecular Hbond substituents is 1. The van der Waals surface area contributed by atoms with Crippen LogP contribution in [0.2, 0.25) is 0 Å². The van der Waals surface area contributed by atoms with Gasteiger partial charge in [0.05, 0.1) is 18.4 Å². The molecule has 2 heterocycles. The summed E-state index contributed by atoms with van der Waals surface area (Å²) >= 11 is 0. The fraction of sp³-hybridized carbons (Fsp3) is 0.0385. The molecule has 0 aliphatic carbocycles. The van der Waals surface area contributed by atoms with E-state index >= 15 is 0 Å². The first-order chi connectivity index (χ1) is 16.1. The number of amides is 1. The summed E-state index contributed by atoms with van der Waals surface area (Å²) < 4.78 is 20.1. The molecule has 2 aromatic carbocycles. The number of anilines is 1. The van der Waals surface area contributed by atoms with Gasteiger partial charge in [0, 0.05) is 47.0 Å². The Morgan fingerprint density at radius 1 is 1.00 bits per heavy atom. The van der Waals surface area contributed by atoms with Gasteiger partial charge in [0.25, 0.3) is 5.91 Å². The van der Waals surface area contributed by atoms with Gasteiger partial charge in [-0.1, -0.05) is 30.0 Å². The fourth-order valence-corrected chi connectivity index (χ4v) is 3.23. The molecule has 0 saturated carbocycles. The first kappa shape index (κ1) is 21.5. The van der Waals surface area contributed by atoms with Crippen molar-refractivity contribution in [3.05, 3.63) is 102 Å². The second-order valence-corrected chi connectivity index (χ2v) is 6.89. The molecule has 4 aromatic rings. The van der Waals surface area contributed by atoms with Gasteiger partial charge in [-0.15, -0.1) is 0 Å². The minimum atomic E-state index is -0.521. The molecule has 2 aromatic heterocycles. The van der Waals surface area contributed by atoms with Crippen LogP contribution in [0.4, 0.5) is 10.1 Å². The average Bonchev–Trinajstić information content (AvgIpc) is 2.85. The summed E-state index contributed by atoms with van der Waals surface area (Å²) in [7, 11) is 1.38. The maximum absolute atomic E-state index is 14.7. The van der Waals surface area contributed by atoms with Crippen LogP contribution in [-0.4, -0.2) is 28.1 Å². The van der Waals surface area contributed by atoms with Gasteiger partial charge in [-0.05, 0) is 36.4 Å². The number of rotatable bonds is 4. The van der Waals surface area contributed by atoms with Crippen LogP contribution in [0, 0.1) is 17.7 Å². The van der Waals surface area contributed by atoms with Crippen LogP contribution in [0.25, 0.3) is 11.1 Å². The van der Waals surface area contributed by atoms with Crippen molar-refractivity contribution in [2.45, 2.75) is 0 Å². The number of benzene rings is 2. The Balaban J connectivity index is 1.89. The number of phenols is 1. The molecule has 33 heavy (non-hydrogen) atoms. The van der Waals surface area contributed by atoms with Crippen molar-refractivity contribution in [3.8, 4) is 34.5 Å². The third kappa shape index (κ3) is 4.65. The van der Waals surface area contributed by atoms with Crippen molar-refractivity contribution in [3.63, 3.8) is 0 Å². The van der Waals surface area contributed by atoms with Crippen molar-refractivity contribution in [2.24, 2.45) is 0 Å². The molecule has 0 radical (unpaired) electrons. The summed E-state index contributed by atoms with van der Waals surface area (Å²) in [5.74, 6) is 4.56. The molecule has 162 valence electrons. The first-order valence-electron chi connectivity index (χ1n) is 9.90. The lowest BCUT2D eigenvalue weighted by Gasteiger charge is -2.17. The highest BCUT2D eigenvalue weighted by molar-refractivity contribution is 6.08. The zero-order valence-corrected chi connectivity index (χ0v) is 17.5. The van der Waals surface area contributed by atoms with Gasteiger partial charge < -0.3 is 15.2 Å². The fourth-order valence-electron chi connectivity index (χ4n) is 3.23. The normalized spacial score (nSPS) is 10.1. The van der Waals surface area contributed by atoms with Gasteiger partial charge in [0.1, 0.15) is 5.82 Å². The lowest BCUT2D eigenvalue weighted by Crippen LogP contribution is -2.13. The molecule has 0 unspecified atom stereocenters. The highest BCUT2D eigenvalue weighted by Crippen LogP contribution is 2.45. The number of pyridine rings is 2. The van der Waals surface area contributed by atoms with Crippen LogP contribution in [0.15, 0.2) is 79.4 Å². The number of aromatic hydroxyl groups is 1. The molecular formula is C26H18FN3O3. The molecule has 0 fully saturated rings. The van der Waals surface area contributed by atoms with E-state index in [0.29, 0.717) is 16.7 Å². The number of nitrogens with one attached hydrogen (secondary N) is 1. The molecule has 0 atom stereocenters. The SMILES string of the molecule is COc1c(C#Cc2cccnc2)cc(-c2ccccc2F)c(NC(=O)c2ccncc2)c1O. The Morgan fingerprint density at radius 3 is 2.48 bits per heavy atom. The first-order valence-corrected chi connectivity index (χ1v) is 9.90. The molecule has 0 saturated heterocycles. The monoisotopic (exact) mass is 439 g/mol. The van der Waals surface area contributed by atoms with Crippen LogP contribution in [0.3, 0.4) is 0 Å². The Bertz CT molecular complexity index is 1360. The van der Waals surface area contributed by atoms with Gasteiger partial charge in [-0.25, -0.2) is 4.39 Å². The molecule has 6 nitrogen and oxygen atoms in total. The second-order valence-electron chi connectivity index (χ2n) is 6.89. The van der Waals surface area contributed by atoms with Crippen molar-refractivity contribution in [1.82, 2.24) is 9.97 Å². The summed E-state index contributed by atoms with van der Waals surface area (Å²) in [4.78, 5) is 20.7. The van der Waals surface area contributed by atoms with E-state index in [2.05, 4.69) is 27.1 Å². The number of hydrogen-bond acceptors (Lipinski definition) is 5. The third-order valence-corrected chi connectivity index (χ3v) is 4.81. The maximum atomic E-state index is 14.7. The number of nitrogens with zero attached hydrogens (tertiary/aromatic N) is 2. The van der Waals surface area contributed by atoms with E-state index in [9.17, 15) is 14.3 Å². The van der Waals surface area contributed by atoms with Gasteiger partial charge in [0.15, 0.2) is 11.5 Å². The largest absolute Gasteiger partial charge is 0.503 e. The van der Waals surface area contributed by atoms with Gasteiger partial charge in [-0.3, -0.25) is 14.8 Å². The third-order valence-electron chi connectivity index (χ3n) is 4.81. The van der Waals surface area contributed by atoms with Crippen molar-refractivity contribution >= 4 is 11.6 Å². The van der Waals surface area contributed by atoms with Crippen molar-refractivity contribution < 1.29 is 19.0 Å². The summed E-state index contributed by atoms with van der Waals surface area (Å²) in [6.45, 7) is 0. The molecular weight excluding hydrogens is 421 g/mol. The highest BCUT2D eigenvalue weighted by Gasteiger charge is 2.22. The van der Waals surface area contributed by atoms with Crippen LogP contribution < -0.4 is 10.1 Å². The molecule has 4 rings (SSSR count). The quantitative estimate of drug-likeness (QED) is 0.357.